The molecule has 0 fully saturated rings. The van der Waals surface area contributed by atoms with Gasteiger partial charge in [-0.25, -0.2) is 4.90 Å². The van der Waals surface area contributed by atoms with Crippen molar-refractivity contribution in [2.24, 2.45) is 5.73 Å². The predicted molar refractivity (Wildman–Crippen MR) is 67.1 cm³/mol. The predicted octanol–water partition coefficient (Wildman–Crippen LogP) is 0.699. The highest BCUT2D eigenvalue weighted by atomic mass is 16.5. The molecule has 0 saturated carbocycles. The standard InChI is InChI=1S/C13H13N3O3/c1-8-13(18)16(12(17)4-5-14)10-6-9(7-15)2-3-11(10)19-8/h2-3,6,8H,4,7,15H2,1H3. The number of nitriles is 1. The fourth-order valence-electron chi connectivity index (χ4n) is 1.91. The van der Waals surface area contributed by atoms with Gasteiger partial charge in [-0.15, -0.1) is 0 Å². The van der Waals surface area contributed by atoms with E-state index in [1.807, 2.05) is 0 Å². The lowest BCUT2D eigenvalue weighted by molar-refractivity contribution is -0.131. The number of nitrogens with two attached hydrogens (primary N) is 1. The van der Waals surface area contributed by atoms with Gasteiger partial charge in [0.25, 0.3) is 5.91 Å². The molecule has 0 aliphatic carbocycles. The van der Waals surface area contributed by atoms with Gasteiger partial charge in [0, 0.05) is 6.54 Å². The van der Waals surface area contributed by atoms with E-state index in [-0.39, 0.29) is 13.0 Å². The summed E-state index contributed by atoms with van der Waals surface area (Å²) < 4.78 is 5.43. The Balaban J connectivity index is 2.50. The molecule has 19 heavy (non-hydrogen) atoms. The molecule has 1 aliphatic heterocycles. The Morgan fingerprint density at radius 2 is 2.32 bits per heavy atom. The summed E-state index contributed by atoms with van der Waals surface area (Å²) in [4.78, 5) is 25.0. The van der Waals surface area contributed by atoms with Crippen LogP contribution in [-0.2, 0) is 16.1 Å². The van der Waals surface area contributed by atoms with Crippen molar-refractivity contribution in [3.05, 3.63) is 23.8 Å². The minimum Gasteiger partial charge on any atom is -0.479 e. The molecule has 2 amide bonds. The van der Waals surface area contributed by atoms with Crippen LogP contribution < -0.4 is 15.4 Å². The van der Waals surface area contributed by atoms with Crippen LogP contribution in [0.4, 0.5) is 5.69 Å². The van der Waals surface area contributed by atoms with Crippen molar-refractivity contribution in [3.8, 4) is 11.8 Å². The third kappa shape index (κ3) is 2.28. The van der Waals surface area contributed by atoms with Crippen LogP contribution in [-0.4, -0.2) is 17.9 Å². The third-order valence-corrected chi connectivity index (χ3v) is 2.85. The van der Waals surface area contributed by atoms with Crippen molar-refractivity contribution in [2.75, 3.05) is 4.90 Å². The van der Waals surface area contributed by atoms with Gasteiger partial charge in [-0.1, -0.05) is 6.07 Å². The summed E-state index contributed by atoms with van der Waals surface area (Å²) in [6, 6.07) is 6.83. The van der Waals surface area contributed by atoms with E-state index in [4.69, 9.17) is 15.7 Å². The lowest BCUT2D eigenvalue weighted by Crippen LogP contribution is -2.47. The fourth-order valence-corrected chi connectivity index (χ4v) is 1.91. The Bertz CT molecular complexity index is 577. The maximum Gasteiger partial charge on any atom is 0.274 e. The molecule has 1 heterocycles. The van der Waals surface area contributed by atoms with Crippen LogP contribution >= 0.6 is 0 Å². The number of hydrogen-bond acceptors (Lipinski definition) is 5. The van der Waals surface area contributed by atoms with Crippen molar-refractivity contribution in [1.82, 2.24) is 0 Å². The quantitative estimate of drug-likeness (QED) is 0.843. The summed E-state index contributed by atoms with van der Waals surface area (Å²) >= 11 is 0. The molecule has 0 aromatic heterocycles. The zero-order valence-corrected chi connectivity index (χ0v) is 10.4. The van der Waals surface area contributed by atoms with Crippen LogP contribution in [0.1, 0.15) is 18.9 Å². The largest absolute Gasteiger partial charge is 0.479 e. The topological polar surface area (TPSA) is 96.4 Å². The Morgan fingerprint density at radius 1 is 1.58 bits per heavy atom. The first kappa shape index (κ1) is 13.1. The van der Waals surface area contributed by atoms with E-state index in [9.17, 15) is 9.59 Å². The molecule has 6 heteroatoms. The minimum atomic E-state index is -0.751. The zero-order chi connectivity index (χ0) is 14.0. The number of ether oxygens (including phenoxy) is 1. The van der Waals surface area contributed by atoms with Crippen LogP contribution in [0.15, 0.2) is 18.2 Å². The number of nitrogens with zero attached hydrogens (tertiary/aromatic N) is 2. The minimum absolute atomic E-state index is 0.289. The van der Waals surface area contributed by atoms with Gasteiger partial charge >= 0.3 is 0 Å². The average Bonchev–Trinajstić information content (AvgIpc) is 2.40. The number of imide groups is 1. The smallest absolute Gasteiger partial charge is 0.274 e. The second kappa shape index (κ2) is 5.08. The van der Waals surface area contributed by atoms with Gasteiger partial charge in [-0.05, 0) is 24.6 Å². The molecule has 1 aliphatic rings. The van der Waals surface area contributed by atoms with Crippen molar-refractivity contribution in [1.29, 1.82) is 5.26 Å². The monoisotopic (exact) mass is 259 g/mol. The van der Waals surface area contributed by atoms with E-state index in [1.165, 1.54) is 0 Å². The highest BCUT2D eigenvalue weighted by Crippen LogP contribution is 2.35. The summed E-state index contributed by atoms with van der Waals surface area (Å²) in [6.45, 7) is 1.85. The van der Waals surface area contributed by atoms with Gasteiger partial charge in [-0.2, -0.15) is 5.26 Å². The molecule has 1 aromatic carbocycles. The number of carbonyl (C=O) groups excluding carboxylic acids is 2. The van der Waals surface area contributed by atoms with E-state index in [0.717, 1.165) is 10.5 Å². The van der Waals surface area contributed by atoms with Gasteiger partial charge in [-0.3, -0.25) is 9.59 Å². The third-order valence-electron chi connectivity index (χ3n) is 2.85. The lowest BCUT2D eigenvalue weighted by Gasteiger charge is -2.31. The van der Waals surface area contributed by atoms with E-state index in [0.29, 0.717) is 11.4 Å². The van der Waals surface area contributed by atoms with Crippen LogP contribution in [0.5, 0.6) is 5.75 Å². The molecule has 1 unspecified atom stereocenters. The molecule has 98 valence electrons. The number of rotatable bonds is 2. The molecule has 0 saturated heterocycles. The number of fused-ring (bicyclic) bond motifs is 1. The Labute approximate surface area is 110 Å². The molecule has 2 rings (SSSR count). The molecular weight excluding hydrogens is 246 g/mol. The van der Waals surface area contributed by atoms with Gasteiger partial charge in [0.1, 0.15) is 12.2 Å². The Morgan fingerprint density at radius 3 is 2.95 bits per heavy atom. The summed E-state index contributed by atoms with van der Waals surface area (Å²) in [5.74, 6) is -0.587. The SMILES string of the molecule is CC1Oc2ccc(CN)cc2N(C(=O)CC#N)C1=O. The normalized spacial score (nSPS) is 17.4. The first-order valence-electron chi connectivity index (χ1n) is 5.82. The maximum atomic E-state index is 12.0. The van der Waals surface area contributed by atoms with E-state index < -0.39 is 17.9 Å². The number of anilines is 1. The van der Waals surface area contributed by atoms with Crippen molar-refractivity contribution in [2.45, 2.75) is 26.0 Å². The molecule has 2 N–H and O–H groups in total. The molecule has 1 atom stereocenters. The van der Waals surface area contributed by atoms with Gasteiger partial charge in [0.15, 0.2) is 6.10 Å². The molecule has 1 aromatic rings. The van der Waals surface area contributed by atoms with Crippen LogP contribution in [0.2, 0.25) is 0 Å². The van der Waals surface area contributed by atoms with Crippen LogP contribution in [0.3, 0.4) is 0 Å². The van der Waals surface area contributed by atoms with Gasteiger partial charge in [0.05, 0.1) is 11.8 Å². The van der Waals surface area contributed by atoms with Crippen LogP contribution in [0.25, 0.3) is 0 Å². The van der Waals surface area contributed by atoms with E-state index in [1.54, 1.807) is 31.2 Å². The van der Waals surface area contributed by atoms with Gasteiger partial charge in [0.2, 0.25) is 5.91 Å². The second-order valence-electron chi connectivity index (χ2n) is 4.17. The highest BCUT2D eigenvalue weighted by molar-refractivity contribution is 6.18. The number of benzene rings is 1. The molecule has 6 nitrogen and oxygen atoms in total. The highest BCUT2D eigenvalue weighted by Gasteiger charge is 2.35. The first-order valence-corrected chi connectivity index (χ1v) is 5.82. The number of hydrogen-bond donors (Lipinski definition) is 1. The average molecular weight is 259 g/mol. The Hall–Kier alpha value is -2.39. The summed E-state index contributed by atoms with van der Waals surface area (Å²) in [6.07, 6.45) is -1.11. The zero-order valence-electron chi connectivity index (χ0n) is 10.4. The summed E-state index contributed by atoms with van der Waals surface area (Å²) in [7, 11) is 0. The van der Waals surface area contributed by atoms with Crippen LogP contribution in [0, 0.1) is 11.3 Å². The first-order chi connectivity index (χ1) is 9.08. The van der Waals surface area contributed by atoms with E-state index in [2.05, 4.69) is 0 Å². The van der Waals surface area contributed by atoms with E-state index >= 15 is 0 Å². The van der Waals surface area contributed by atoms with Crippen molar-refractivity contribution >= 4 is 17.5 Å². The van der Waals surface area contributed by atoms with Crippen molar-refractivity contribution in [3.63, 3.8) is 0 Å². The summed E-state index contributed by atoms with van der Waals surface area (Å²) in [5.41, 5.74) is 6.67. The lowest BCUT2D eigenvalue weighted by atomic mass is 10.1. The second-order valence-corrected chi connectivity index (χ2v) is 4.17. The van der Waals surface area contributed by atoms with Crippen molar-refractivity contribution < 1.29 is 14.3 Å². The fraction of sp³-hybridized carbons (Fsp3) is 0.308. The summed E-state index contributed by atoms with van der Waals surface area (Å²) in [5, 5.41) is 8.61. The Kier molecular flexibility index (Phi) is 3.49. The molecular formula is C13H13N3O3. The molecule has 0 spiro atoms. The molecule has 0 radical (unpaired) electrons. The molecule has 0 bridgehead atoms. The van der Waals surface area contributed by atoms with Gasteiger partial charge < -0.3 is 10.5 Å². The number of carbonyl (C=O) groups is 2. The maximum absolute atomic E-state index is 12.0. The number of amides is 2.